The number of rotatable bonds is 4. The van der Waals surface area contributed by atoms with Crippen molar-refractivity contribution in [2.45, 2.75) is 32.6 Å². The number of fused-ring (bicyclic) bond motifs is 3. The molecule has 0 spiro atoms. The minimum Gasteiger partial charge on any atom is -0.326 e. The van der Waals surface area contributed by atoms with Crippen LogP contribution in [-0.4, -0.2) is 24.2 Å². The number of halogens is 1. The molecule has 1 amide bonds. The molecule has 6 heteroatoms. The maximum absolute atomic E-state index is 14.6. The zero-order chi connectivity index (χ0) is 23.5. The summed E-state index contributed by atoms with van der Waals surface area (Å²) in [5.41, 5.74) is 4.58. The molecule has 1 unspecified atom stereocenters. The lowest BCUT2D eigenvalue weighted by Crippen LogP contribution is -2.31. The number of aliphatic imine (C=N–C) groups is 3. The van der Waals surface area contributed by atoms with Gasteiger partial charge in [-0.25, -0.2) is 14.4 Å². The molecule has 3 aliphatic heterocycles. The van der Waals surface area contributed by atoms with Crippen molar-refractivity contribution in [1.82, 2.24) is 5.32 Å². The first-order valence-electron chi connectivity index (χ1n) is 11.4. The van der Waals surface area contributed by atoms with Crippen molar-refractivity contribution in [3.05, 3.63) is 101 Å². The van der Waals surface area contributed by atoms with Crippen LogP contribution in [0.25, 0.3) is 5.70 Å². The number of amides is 1. The van der Waals surface area contributed by atoms with E-state index < -0.39 is 5.41 Å². The van der Waals surface area contributed by atoms with Crippen LogP contribution in [0.1, 0.15) is 39.6 Å². The Morgan fingerprint density at radius 2 is 2.12 bits per heavy atom. The minimum atomic E-state index is -0.482. The molecule has 1 atom stereocenters. The van der Waals surface area contributed by atoms with Crippen LogP contribution in [0.2, 0.25) is 0 Å². The molecule has 0 fully saturated rings. The molecule has 1 aliphatic carbocycles. The van der Waals surface area contributed by atoms with Gasteiger partial charge in [0.25, 0.3) is 0 Å². The number of benzene rings is 1. The fourth-order valence-electron chi connectivity index (χ4n) is 4.77. The topological polar surface area (TPSA) is 66.2 Å². The van der Waals surface area contributed by atoms with Crippen molar-refractivity contribution in [2.75, 3.05) is 0 Å². The fourth-order valence-corrected chi connectivity index (χ4v) is 4.77. The van der Waals surface area contributed by atoms with Crippen molar-refractivity contribution in [3.63, 3.8) is 0 Å². The van der Waals surface area contributed by atoms with Crippen LogP contribution in [0.5, 0.6) is 0 Å². The molecule has 0 aromatic heterocycles. The summed E-state index contributed by atoms with van der Waals surface area (Å²) in [6.07, 6.45) is 20.2. The average molecular weight is 455 g/mol. The average Bonchev–Trinajstić information content (AvgIpc) is 3.23. The summed E-state index contributed by atoms with van der Waals surface area (Å²) in [7, 11) is 0. The van der Waals surface area contributed by atoms with Gasteiger partial charge < -0.3 is 5.32 Å². The molecule has 4 aliphatic rings. The van der Waals surface area contributed by atoms with Crippen LogP contribution in [0.3, 0.4) is 0 Å². The zero-order valence-corrected chi connectivity index (χ0v) is 19.0. The standard InChI is InChI=1S/C28H25FN4O.H2/c1-19(34)32-26-10-9-20-16-21(11-15-30-18-20)23(26)17-28-12-4-8-25(22-6-2-3-7-24(22)29)33-27(28)31-14-5-13-28;/h2-3,5-11,13-15,18H,4,12,16-17H2,1H3,(H,32,34);1H. The highest BCUT2D eigenvalue weighted by atomic mass is 19.1. The van der Waals surface area contributed by atoms with Crippen molar-refractivity contribution < 1.29 is 10.6 Å². The Kier molecular flexibility index (Phi) is 5.88. The van der Waals surface area contributed by atoms with Gasteiger partial charge in [-0.15, -0.1) is 0 Å². The summed E-state index contributed by atoms with van der Waals surface area (Å²) in [4.78, 5) is 25.9. The van der Waals surface area contributed by atoms with Gasteiger partial charge in [-0.05, 0) is 72.8 Å². The third kappa shape index (κ3) is 4.31. The van der Waals surface area contributed by atoms with Crippen molar-refractivity contribution >= 4 is 29.9 Å². The van der Waals surface area contributed by atoms with E-state index in [-0.39, 0.29) is 13.2 Å². The van der Waals surface area contributed by atoms with Crippen LogP contribution in [-0.2, 0) is 4.79 Å². The Balaban J connectivity index is 0.00000289. The molecular formula is C28H27FN4O. The fraction of sp³-hybridized carbons (Fsp3) is 0.214. The Hall–Kier alpha value is -3.93. The molecule has 0 radical (unpaired) electrons. The largest absolute Gasteiger partial charge is 0.326 e. The maximum Gasteiger partial charge on any atom is 0.221 e. The van der Waals surface area contributed by atoms with Gasteiger partial charge in [-0.2, -0.15) is 0 Å². The summed E-state index contributed by atoms with van der Waals surface area (Å²) in [6.45, 7) is 1.52. The first kappa shape index (κ1) is 21.9. The Morgan fingerprint density at radius 1 is 1.24 bits per heavy atom. The van der Waals surface area contributed by atoms with E-state index in [0.717, 1.165) is 41.7 Å². The predicted octanol–water partition coefficient (Wildman–Crippen LogP) is 5.87. The molecule has 5 rings (SSSR count). The van der Waals surface area contributed by atoms with Crippen LogP contribution in [0, 0.1) is 11.2 Å². The summed E-state index contributed by atoms with van der Waals surface area (Å²) in [5, 5.41) is 3.02. The van der Waals surface area contributed by atoms with Crippen molar-refractivity contribution in [3.8, 4) is 0 Å². The molecule has 5 nitrogen and oxygen atoms in total. The minimum absolute atomic E-state index is 0. The SMILES string of the molecule is CC(=O)NC1=C(CC23C=CC=NC2=NC(c2ccccc2F)=CCC3)C2=CC=NC=C(C=C1)C2.[HH]. The van der Waals surface area contributed by atoms with Crippen LogP contribution in [0.4, 0.5) is 4.39 Å². The van der Waals surface area contributed by atoms with Gasteiger partial charge in [0.05, 0.1) is 11.1 Å². The molecular weight excluding hydrogens is 427 g/mol. The van der Waals surface area contributed by atoms with Gasteiger partial charge in [-0.3, -0.25) is 9.79 Å². The highest BCUT2D eigenvalue weighted by Crippen LogP contribution is 2.44. The summed E-state index contributed by atoms with van der Waals surface area (Å²) >= 11 is 0. The van der Waals surface area contributed by atoms with Gasteiger partial charge >= 0.3 is 0 Å². The Morgan fingerprint density at radius 3 is 2.97 bits per heavy atom. The zero-order valence-electron chi connectivity index (χ0n) is 19.0. The van der Waals surface area contributed by atoms with Gasteiger partial charge in [-0.1, -0.05) is 30.4 Å². The van der Waals surface area contributed by atoms with Crippen molar-refractivity contribution in [1.29, 1.82) is 0 Å². The Bertz CT molecular complexity index is 1330. The van der Waals surface area contributed by atoms with Gasteiger partial charge in [0.2, 0.25) is 5.91 Å². The number of amidine groups is 1. The van der Waals surface area contributed by atoms with E-state index in [1.54, 1.807) is 24.6 Å². The molecule has 0 saturated heterocycles. The molecule has 2 bridgehead atoms. The van der Waals surface area contributed by atoms with Crippen LogP contribution >= 0.6 is 0 Å². The second-order valence-corrected chi connectivity index (χ2v) is 8.79. The quantitative estimate of drug-likeness (QED) is 0.608. The molecule has 3 heterocycles. The normalized spacial score (nSPS) is 23.1. The summed E-state index contributed by atoms with van der Waals surface area (Å²) < 4.78 is 14.6. The first-order chi connectivity index (χ1) is 16.5. The third-order valence-electron chi connectivity index (χ3n) is 6.42. The van der Waals surface area contributed by atoms with Gasteiger partial charge in [0.15, 0.2) is 0 Å². The highest BCUT2D eigenvalue weighted by Gasteiger charge is 2.38. The maximum atomic E-state index is 14.6. The van der Waals surface area contributed by atoms with E-state index in [4.69, 9.17) is 4.99 Å². The van der Waals surface area contributed by atoms with E-state index in [9.17, 15) is 9.18 Å². The number of carbonyl (C=O) groups excluding carboxylic acids is 1. The Labute approximate surface area is 199 Å². The first-order valence-corrected chi connectivity index (χ1v) is 11.4. The number of allylic oxidation sites excluding steroid dienone is 8. The number of nitrogens with zero attached hydrogens (tertiary/aromatic N) is 3. The van der Waals surface area contributed by atoms with E-state index in [2.05, 4.69) is 21.4 Å². The lowest BCUT2D eigenvalue weighted by molar-refractivity contribution is -0.118. The molecule has 0 saturated carbocycles. The molecule has 1 aromatic rings. The monoisotopic (exact) mass is 454 g/mol. The van der Waals surface area contributed by atoms with E-state index >= 15 is 0 Å². The number of hydrogen-bond acceptors (Lipinski definition) is 4. The number of dihydropyridines is 1. The van der Waals surface area contributed by atoms with Crippen LogP contribution < -0.4 is 5.32 Å². The molecule has 172 valence electrons. The second-order valence-electron chi connectivity index (χ2n) is 8.79. The van der Waals surface area contributed by atoms with Crippen LogP contribution in [0.15, 0.2) is 104 Å². The smallest absolute Gasteiger partial charge is 0.221 e. The number of carbonyl (C=O) groups is 1. The molecule has 1 aromatic carbocycles. The van der Waals surface area contributed by atoms with Crippen molar-refractivity contribution in [2.24, 2.45) is 20.4 Å². The predicted molar refractivity (Wildman–Crippen MR) is 137 cm³/mol. The lowest BCUT2D eigenvalue weighted by atomic mass is 9.73. The number of nitrogens with one attached hydrogen (secondary N) is 1. The van der Waals surface area contributed by atoms with Gasteiger partial charge in [0, 0.05) is 38.2 Å². The number of hydrogen-bond donors (Lipinski definition) is 1. The second kappa shape index (κ2) is 9.14. The summed E-state index contributed by atoms with van der Waals surface area (Å²) in [5.74, 6) is 0.235. The highest BCUT2D eigenvalue weighted by molar-refractivity contribution is 6.03. The molecule has 1 N–H and O–H groups in total. The van der Waals surface area contributed by atoms with E-state index in [0.29, 0.717) is 23.5 Å². The third-order valence-corrected chi connectivity index (χ3v) is 6.42. The van der Waals surface area contributed by atoms with E-state index in [1.165, 1.54) is 13.0 Å². The lowest BCUT2D eigenvalue weighted by Gasteiger charge is -2.33. The summed E-state index contributed by atoms with van der Waals surface area (Å²) in [6, 6.07) is 6.69. The molecule has 34 heavy (non-hydrogen) atoms. The van der Waals surface area contributed by atoms with Gasteiger partial charge in [0.1, 0.15) is 11.7 Å². The van der Waals surface area contributed by atoms with E-state index in [1.807, 2.05) is 42.6 Å².